The molecule has 1 fully saturated rings. The Morgan fingerprint density at radius 3 is 2.27 bits per heavy atom. The number of hydrogen-bond acceptors (Lipinski definition) is 4. The highest BCUT2D eigenvalue weighted by Gasteiger charge is 2.33. The van der Waals surface area contributed by atoms with Gasteiger partial charge in [0, 0.05) is 18.6 Å². The third-order valence-electron chi connectivity index (χ3n) is 3.93. The van der Waals surface area contributed by atoms with Crippen LogP contribution in [0.25, 0.3) is 0 Å². The molecule has 0 radical (unpaired) electrons. The Balaban J connectivity index is 2.55. The molecule has 0 aromatic heterocycles. The number of likely N-dealkylation sites (tertiary alicyclic amines) is 1. The molecule has 1 unspecified atom stereocenters. The molecule has 1 rings (SSSR count). The largest absolute Gasteiger partial charge is 0.444 e. The zero-order valence-corrected chi connectivity index (χ0v) is 14.8. The highest BCUT2D eigenvalue weighted by Crippen LogP contribution is 2.21. The van der Waals surface area contributed by atoms with Crippen LogP contribution in [0.15, 0.2) is 0 Å². The Morgan fingerprint density at radius 1 is 1.27 bits per heavy atom. The number of nitrogens with one attached hydrogen (secondary N) is 2. The highest BCUT2D eigenvalue weighted by molar-refractivity contribution is 5.86. The van der Waals surface area contributed by atoms with Crippen LogP contribution in [0.3, 0.4) is 0 Å². The lowest BCUT2D eigenvalue weighted by molar-refractivity contribution is -0.125. The van der Waals surface area contributed by atoms with E-state index in [0.29, 0.717) is 6.42 Å². The van der Waals surface area contributed by atoms with E-state index in [-0.39, 0.29) is 11.4 Å². The van der Waals surface area contributed by atoms with Crippen LogP contribution in [0, 0.1) is 0 Å². The SMILES string of the molecule is CCC(NC(=O)OC(C)(C)C)C(=O)NC1(C)CCN(C)CC1. The second-order valence-electron chi connectivity index (χ2n) is 7.46. The van der Waals surface area contributed by atoms with Gasteiger partial charge in [0.2, 0.25) is 5.91 Å². The average Bonchev–Trinajstić information content (AvgIpc) is 2.37. The van der Waals surface area contributed by atoms with Gasteiger partial charge in [0.15, 0.2) is 0 Å². The lowest BCUT2D eigenvalue weighted by Crippen LogP contribution is -2.57. The van der Waals surface area contributed by atoms with Gasteiger partial charge < -0.3 is 20.3 Å². The standard InChI is InChI=1S/C16H31N3O3/c1-7-12(17-14(21)22-15(2,3)4)13(20)18-16(5)8-10-19(6)11-9-16/h12H,7-11H2,1-6H3,(H,17,21)(H,18,20). The lowest BCUT2D eigenvalue weighted by Gasteiger charge is -2.39. The topological polar surface area (TPSA) is 70.7 Å². The monoisotopic (exact) mass is 313 g/mol. The maximum atomic E-state index is 12.4. The maximum absolute atomic E-state index is 12.4. The van der Waals surface area contributed by atoms with E-state index in [1.807, 2.05) is 6.92 Å². The summed E-state index contributed by atoms with van der Waals surface area (Å²) in [5, 5.41) is 5.75. The van der Waals surface area contributed by atoms with Crippen molar-refractivity contribution in [1.29, 1.82) is 0 Å². The Morgan fingerprint density at radius 2 is 1.82 bits per heavy atom. The van der Waals surface area contributed by atoms with Crippen molar-refractivity contribution in [3.8, 4) is 0 Å². The van der Waals surface area contributed by atoms with Crippen molar-refractivity contribution in [2.45, 2.75) is 71.1 Å². The third-order valence-corrected chi connectivity index (χ3v) is 3.93. The zero-order valence-electron chi connectivity index (χ0n) is 14.8. The molecule has 1 atom stereocenters. The van der Waals surface area contributed by atoms with E-state index in [1.165, 1.54) is 0 Å². The summed E-state index contributed by atoms with van der Waals surface area (Å²) < 4.78 is 5.21. The van der Waals surface area contributed by atoms with Crippen LogP contribution in [0.5, 0.6) is 0 Å². The number of nitrogens with zero attached hydrogens (tertiary/aromatic N) is 1. The second kappa shape index (κ2) is 7.31. The van der Waals surface area contributed by atoms with Gasteiger partial charge in [0.1, 0.15) is 11.6 Å². The number of carbonyl (C=O) groups excluding carboxylic acids is 2. The highest BCUT2D eigenvalue weighted by atomic mass is 16.6. The quantitative estimate of drug-likeness (QED) is 0.831. The number of piperidine rings is 1. The molecule has 22 heavy (non-hydrogen) atoms. The third kappa shape index (κ3) is 6.22. The summed E-state index contributed by atoms with van der Waals surface area (Å²) in [4.78, 5) is 26.5. The Kier molecular flexibility index (Phi) is 6.23. The molecule has 0 spiro atoms. The molecule has 2 amide bonds. The summed E-state index contributed by atoms with van der Waals surface area (Å²) in [5.74, 6) is -0.139. The lowest BCUT2D eigenvalue weighted by atomic mass is 9.89. The van der Waals surface area contributed by atoms with Gasteiger partial charge in [-0.05, 0) is 54.0 Å². The molecule has 0 aromatic carbocycles. The molecular weight excluding hydrogens is 282 g/mol. The molecule has 1 aliphatic heterocycles. The first kappa shape index (κ1) is 18.7. The predicted molar refractivity (Wildman–Crippen MR) is 86.7 cm³/mol. The minimum atomic E-state index is -0.571. The van der Waals surface area contributed by atoms with Crippen LogP contribution in [-0.4, -0.2) is 54.2 Å². The first-order valence-electron chi connectivity index (χ1n) is 8.05. The van der Waals surface area contributed by atoms with Crippen molar-refractivity contribution in [2.24, 2.45) is 0 Å². The molecule has 6 nitrogen and oxygen atoms in total. The predicted octanol–water partition coefficient (Wildman–Crippen LogP) is 1.89. The van der Waals surface area contributed by atoms with Crippen LogP contribution >= 0.6 is 0 Å². The van der Waals surface area contributed by atoms with Crippen LogP contribution in [0.4, 0.5) is 4.79 Å². The minimum Gasteiger partial charge on any atom is -0.444 e. The normalized spacial score (nSPS) is 20.1. The van der Waals surface area contributed by atoms with E-state index >= 15 is 0 Å². The van der Waals surface area contributed by atoms with E-state index in [1.54, 1.807) is 20.8 Å². The van der Waals surface area contributed by atoms with Crippen LogP contribution in [-0.2, 0) is 9.53 Å². The molecule has 0 aliphatic carbocycles. The zero-order chi connectivity index (χ0) is 17.0. The van der Waals surface area contributed by atoms with E-state index < -0.39 is 17.7 Å². The van der Waals surface area contributed by atoms with E-state index in [4.69, 9.17) is 4.74 Å². The van der Waals surface area contributed by atoms with Gasteiger partial charge in [-0.15, -0.1) is 0 Å². The maximum Gasteiger partial charge on any atom is 0.408 e. The minimum absolute atomic E-state index is 0.139. The van der Waals surface area contributed by atoms with Crippen molar-refractivity contribution in [1.82, 2.24) is 15.5 Å². The molecular formula is C16H31N3O3. The molecule has 0 bridgehead atoms. The van der Waals surface area contributed by atoms with E-state index in [2.05, 4.69) is 29.5 Å². The molecule has 1 heterocycles. The summed E-state index contributed by atoms with van der Waals surface area (Å²) in [6, 6.07) is -0.564. The Hall–Kier alpha value is -1.30. The number of carbonyl (C=O) groups is 2. The summed E-state index contributed by atoms with van der Waals surface area (Å²) >= 11 is 0. The molecule has 1 aliphatic rings. The fraction of sp³-hybridized carbons (Fsp3) is 0.875. The van der Waals surface area contributed by atoms with Gasteiger partial charge in [-0.25, -0.2) is 4.79 Å². The van der Waals surface area contributed by atoms with Gasteiger partial charge >= 0.3 is 6.09 Å². The van der Waals surface area contributed by atoms with Gasteiger partial charge in [0.05, 0.1) is 0 Å². The summed E-state index contributed by atoms with van der Waals surface area (Å²) in [6.45, 7) is 11.3. The summed E-state index contributed by atoms with van der Waals surface area (Å²) in [7, 11) is 2.08. The van der Waals surface area contributed by atoms with Crippen molar-refractivity contribution in [3.05, 3.63) is 0 Å². The van der Waals surface area contributed by atoms with E-state index in [0.717, 1.165) is 25.9 Å². The molecule has 0 saturated carbocycles. The van der Waals surface area contributed by atoms with E-state index in [9.17, 15) is 9.59 Å². The van der Waals surface area contributed by atoms with Crippen LogP contribution in [0.1, 0.15) is 53.9 Å². The smallest absolute Gasteiger partial charge is 0.408 e. The number of ether oxygens (including phenoxy) is 1. The van der Waals surface area contributed by atoms with Gasteiger partial charge in [-0.3, -0.25) is 4.79 Å². The fourth-order valence-electron chi connectivity index (χ4n) is 2.42. The van der Waals surface area contributed by atoms with Gasteiger partial charge in [-0.1, -0.05) is 6.92 Å². The number of rotatable bonds is 4. The number of alkyl carbamates (subject to hydrolysis) is 1. The van der Waals surface area contributed by atoms with Crippen LogP contribution in [0.2, 0.25) is 0 Å². The summed E-state index contributed by atoms with van der Waals surface area (Å²) in [6.07, 6.45) is 1.81. The van der Waals surface area contributed by atoms with Gasteiger partial charge in [-0.2, -0.15) is 0 Å². The van der Waals surface area contributed by atoms with Crippen LogP contribution < -0.4 is 10.6 Å². The first-order chi connectivity index (χ1) is 10.0. The first-order valence-corrected chi connectivity index (χ1v) is 8.05. The molecule has 2 N–H and O–H groups in total. The van der Waals surface area contributed by atoms with Crippen molar-refractivity contribution in [3.63, 3.8) is 0 Å². The number of amides is 2. The number of hydrogen-bond donors (Lipinski definition) is 2. The molecule has 1 saturated heterocycles. The fourth-order valence-corrected chi connectivity index (χ4v) is 2.42. The van der Waals surface area contributed by atoms with Crippen molar-refractivity contribution >= 4 is 12.0 Å². The van der Waals surface area contributed by atoms with Crippen molar-refractivity contribution in [2.75, 3.05) is 20.1 Å². The Bertz CT molecular complexity index is 396. The Labute approximate surface area is 134 Å². The molecule has 128 valence electrons. The van der Waals surface area contributed by atoms with Crippen molar-refractivity contribution < 1.29 is 14.3 Å². The van der Waals surface area contributed by atoms with Gasteiger partial charge in [0.25, 0.3) is 0 Å². The molecule has 6 heteroatoms. The molecule has 0 aromatic rings. The summed E-state index contributed by atoms with van der Waals surface area (Å²) in [5.41, 5.74) is -0.772. The second-order valence-corrected chi connectivity index (χ2v) is 7.46. The average molecular weight is 313 g/mol.